The van der Waals surface area contributed by atoms with Crippen LogP contribution in [0.3, 0.4) is 0 Å². The smallest absolute Gasteiger partial charge is 0.310 e. The Morgan fingerprint density at radius 2 is 0.870 bits per heavy atom. The van der Waals surface area contributed by atoms with Crippen molar-refractivity contribution in [1.82, 2.24) is 0 Å². The molecule has 0 saturated carbocycles. The minimum Gasteiger partial charge on any atom is -0.542 e. The van der Waals surface area contributed by atoms with E-state index >= 15 is 0 Å². The first-order valence-corrected chi connectivity index (χ1v) is 23.8. The van der Waals surface area contributed by atoms with E-state index in [-0.39, 0.29) is 22.2 Å². The van der Waals surface area contributed by atoms with Crippen LogP contribution in [0, 0.1) is 20.2 Å². The molecule has 0 radical (unpaired) electrons. The van der Waals surface area contributed by atoms with Crippen molar-refractivity contribution in [3.05, 3.63) is 116 Å². The van der Waals surface area contributed by atoms with Crippen molar-refractivity contribution in [2.45, 2.75) is 78.6 Å². The Morgan fingerprint density at radius 3 is 1.13 bits per heavy atom. The van der Waals surface area contributed by atoms with Gasteiger partial charge in [0, 0.05) is 46.0 Å². The molecular formula is C38H50N6O6S2Si2. The van der Waals surface area contributed by atoms with E-state index in [1.807, 2.05) is 128 Å². The molecule has 4 N–H and O–H groups in total. The molecule has 0 aliphatic carbocycles. The topological polar surface area (TPSA) is 153 Å². The molecule has 0 bridgehead atoms. The predicted octanol–water partition coefficient (Wildman–Crippen LogP) is 10.1. The lowest BCUT2D eigenvalue weighted by Crippen LogP contribution is -2.25. The summed E-state index contributed by atoms with van der Waals surface area (Å²) in [6.45, 7) is 19.9. The number of thiocarbonyl (C=S) groups is 2. The van der Waals surface area contributed by atoms with Crippen molar-refractivity contribution < 1.29 is 18.7 Å². The van der Waals surface area contributed by atoms with Crippen LogP contribution in [0.2, 0.25) is 26.2 Å². The Hall–Kier alpha value is -4.91. The monoisotopic (exact) mass is 806 g/mol. The maximum atomic E-state index is 11.5. The lowest BCUT2D eigenvalue weighted by molar-refractivity contribution is -0.385. The van der Waals surface area contributed by atoms with Gasteiger partial charge >= 0.3 is 11.4 Å². The van der Waals surface area contributed by atoms with Gasteiger partial charge in [0.05, 0.1) is 9.85 Å². The third kappa shape index (κ3) is 12.6. The molecule has 16 heteroatoms. The summed E-state index contributed by atoms with van der Waals surface area (Å²) in [4.78, 5) is 22.3. The summed E-state index contributed by atoms with van der Waals surface area (Å²) in [5.74, 6) is 0.670. The average molecular weight is 807 g/mol. The number of anilines is 4. The standard InChI is InChI=1S/2C19H25N3O3SSi/c2*1-19(2,3)16-14(21-18(26)20-13-9-7-6-8-10-13)11-12-15(22(23)24)17(16)25-27(4)5/h2*6-12,27H,1-5H3,(H2,20,21,26). The summed E-state index contributed by atoms with van der Waals surface area (Å²) in [6, 6.07) is 25.5. The zero-order valence-electron chi connectivity index (χ0n) is 32.4. The van der Waals surface area contributed by atoms with Crippen LogP contribution in [0.25, 0.3) is 0 Å². The normalized spacial score (nSPS) is 11.2. The number of rotatable bonds is 10. The lowest BCUT2D eigenvalue weighted by atomic mass is 9.84. The van der Waals surface area contributed by atoms with Crippen molar-refractivity contribution in [2.75, 3.05) is 21.3 Å². The molecule has 0 saturated heterocycles. The molecule has 0 heterocycles. The number of nitro groups is 2. The highest BCUT2D eigenvalue weighted by atomic mass is 32.1. The molecule has 0 atom stereocenters. The van der Waals surface area contributed by atoms with Crippen LogP contribution in [0.1, 0.15) is 52.7 Å². The van der Waals surface area contributed by atoms with Crippen molar-refractivity contribution in [3.8, 4) is 11.5 Å². The van der Waals surface area contributed by atoms with Crippen molar-refractivity contribution in [2.24, 2.45) is 0 Å². The molecule has 4 rings (SSSR count). The minimum atomic E-state index is -1.56. The van der Waals surface area contributed by atoms with E-state index in [1.54, 1.807) is 12.1 Å². The first-order chi connectivity index (χ1) is 25.2. The average Bonchev–Trinajstić information content (AvgIpc) is 3.04. The molecular weight excluding hydrogens is 757 g/mol. The molecule has 4 aromatic rings. The third-order valence-electron chi connectivity index (χ3n) is 7.43. The Bertz CT molecular complexity index is 1810. The zero-order chi connectivity index (χ0) is 40.4. The number of hydrogen-bond acceptors (Lipinski definition) is 8. The maximum absolute atomic E-state index is 11.5. The van der Waals surface area contributed by atoms with Gasteiger partial charge in [-0.1, -0.05) is 77.9 Å². The fourth-order valence-corrected chi connectivity index (χ4v) is 7.33. The molecule has 0 fully saturated rings. The predicted molar refractivity (Wildman–Crippen MR) is 235 cm³/mol. The Kier molecular flexibility index (Phi) is 15.2. The van der Waals surface area contributed by atoms with Crippen molar-refractivity contribution in [1.29, 1.82) is 0 Å². The summed E-state index contributed by atoms with van der Waals surface area (Å²) >= 11 is 10.9. The largest absolute Gasteiger partial charge is 0.542 e. The SMILES string of the molecule is C[SiH](C)Oc1c([N+](=O)[O-])ccc(NC(=S)Nc2ccccc2)c1C(C)(C)C.C[SiH](C)Oc1c([N+](=O)[O-])ccc(NC(=S)Nc2ccccc2)c1C(C)(C)C. The number of nitro benzene ring substituents is 2. The van der Waals surface area contributed by atoms with Crippen LogP contribution in [0.4, 0.5) is 34.1 Å². The Morgan fingerprint density at radius 1 is 0.556 bits per heavy atom. The van der Waals surface area contributed by atoms with Gasteiger partial charge in [-0.15, -0.1) is 0 Å². The van der Waals surface area contributed by atoms with E-state index in [0.29, 0.717) is 33.1 Å². The van der Waals surface area contributed by atoms with Crippen LogP contribution in [0.5, 0.6) is 11.5 Å². The summed E-state index contributed by atoms with van der Waals surface area (Å²) < 4.78 is 12.0. The Labute approximate surface area is 331 Å². The molecule has 12 nitrogen and oxygen atoms in total. The second-order valence-corrected chi connectivity index (χ2v) is 20.4. The van der Waals surface area contributed by atoms with Gasteiger partial charge in [-0.25, -0.2) is 0 Å². The van der Waals surface area contributed by atoms with E-state index in [4.69, 9.17) is 33.3 Å². The van der Waals surface area contributed by atoms with Crippen LogP contribution < -0.4 is 30.1 Å². The first kappa shape index (κ1) is 43.5. The van der Waals surface area contributed by atoms with Gasteiger partial charge in [-0.05, 0) is 97.9 Å². The maximum Gasteiger partial charge on any atom is 0.310 e. The highest BCUT2D eigenvalue weighted by molar-refractivity contribution is 7.81. The summed E-state index contributed by atoms with van der Waals surface area (Å²) in [5.41, 5.74) is 3.82. The van der Waals surface area contributed by atoms with E-state index in [0.717, 1.165) is 22.5 Å². The highest BCUT2D eigenvalue weighted by Crippen LogP contribution is 2.45. The number of para-hydroxylation sites is 2. The minimum absolute atomic E-state index is 0.0198. The molecule has 0 aliphatic rings. The van der Waals surface area contributed by atoms with Gasteiger partial charge in [-0.2, -0.15) is 0 Å². The molecule has 0 aliphatic heterocycles. The molecule has 0 amide bonds. The lowest BCUT2D eigenvalue weighted by Gasteiger charge is -2.27. The second-order valence-electron chi connectivity index (χ2n) is 14.9. The van der Waals surface area contributed by atoms with Crippen LogP contribution in [-0.4, -0.2) is 38.2 Å². The van der Waals surface area contributed by atoms with Gasteiger partial charge in [0.25, 0.3) is 0 Å². The second kappa shape index (κ2) is 18.9. The van der Waals surface area contributed by atoms with E-state index in [2.05, 4.69) is 21.3 Å². The molecule has 0 unspecified atom stereocenters. The first-order valence-electron chi connectivity index (χ1n) is 17.4. The van der Waals surface area contributed by atoms with E-state index in [9.17, 15) is 20.2 Å². The number of nitrogens with zero attached hydrogens (tertiary/aromatic N) is 2. The van der Waals surface area contributed by atoms with Crippen LogP contribution >= 0.6 is 24.4 Å². The third-order valence-corrected chi connectivity index (χ3v) is 9.26. The van der Waals surface area contributed by atoms with Crippen molar-refractivity contribution in [3.63, 3.8) is 0 Å². The molecule has 0 aromatic heterocycles. The van der Waals surface area contributed by atoms with Crippen LogP contribution in [0.15, 0.2) is 84.9 Å². The van der Waals surface area contributed by atoms with Gasteiger partial charge in [0.1, 0.15) is 0 Å². The van der Waals surface area contributed by atoms with Gasteiger partial charge in [0.15, 0.2) is 21.7 Å². The van der Waals surface area contributed by atoms with E-state index in [1.165, 1.54) is 12.1 Å². The number of nitrogens with one attached hydrogen (secondary N) is 4. The summed E-state index contributed by atoms with van der Waals surface area (Å²) in [5, 5.41) is 36.5. The van der Waals surface area contributed by atoms with Gasteiger partial charge < -0.3 is 30.1 Å². The van der Waals surface area contributed by atoms with Gasteiger partial charge in [0.2, 0.25) is 18.1 Å². The zero-order valence-corrected chi connectivity index (χ0v) is 36.3. The summed E-state index contributed by atoms with van der Waals surface area (Å²) in [6.07, 6.45) is 0. The Balaban J connectivity index is 0.000000290. The summed E-state index contributed by atoms with van der Waals surface area (Å²) in [7, 11) is -3.12. The van der Waals surface area contributed by atoms with Crippen LogP contribution in [-0.2, 0) is 10.8 Å². The molecule has 4 aromatic carbocycles. The number of benzene rings is 4. The van der Waals surface area contributed by atoms with Gasteiger partial charge in [-0.3, -0.25) is 20.2 Å². The number of hydrogen-bond donors (Lipinski definition) is 4. The molecule has 288 valence electrons. The van der Waals surface area contributed by atoms with Crippen molar-refractivity contribution >= 4 is 86.9 Å². The fourth-order valence-electron chi connectivity index (χ4n) is 5.45. The molecule has 0 spiro atoms. The fraction of sp³-hybridized carbons (Fsp3) is 0.316. The van der Waals surface area contributed by atoms with E-state index < -0.39 is 27.9 Å². The quantitative estimate of drug-likeness (QED) is 0.0522. The highest BCUT2D eigenvalue weighted by Gasteiger charge is 2.32. The molecule has 54 heavy (non-hydrogen) atoms.